The van der Waals surface area contributed by atoms with Crippen LogP contribution in [-0.2, 0) is 23.6 Å². The molecule has 1 N–H and O–H groups in total. The van der Waals surface area contributed by atoms with E-state index >= 15 is 0 Å². The molecule has 0 saturated carbocycles. The highest BCUT2D eigenvalue weighted by Gasteiger charge is 2.47. The van der Waals surface area contributed by atoms with Crippen molar-refractivity contribution in [3.05, 3.63) is 0 Å². The van der Waals surface area contributed by atoms with Gasteiger partial charge in [-0.3, -0.25) is 0 Å². The summed E-state index contributed by atoms with van der Waals surface area (Å²) in [6.07, 6.45) is 0. The second-order valence-corrected chi connectivity index (χ2v) is 3.51. The summed E-state index contributed by atoms with van der Waals surface area (Å²) in [5.41, 5.74) is -1.77. The third-order valence-corrected chi connectivity index (χ3v) is 2.20. The molecule has 1 aliphatic rings. The number of rotatable bonds is 1. The van der Waals surface area contributed by atoms with Crippen molar-refractivity contribution in [1.29, 1.82) is 0 Å². The molecule has 0 aliphatic carbocycles. The summed E-state index contributed by atoms with van der Waals surface area (Å²) >= 11 is 0. The average Bonchev–Trinajstić information content (AvgIpc) is 2.08. The number of aliphatic carboxylic acids is 1. The SMILES string of the molecule is CC1(C(=O)O)COS(=O)(=O)O1. The molecule has 1 rings (SSSR count). The first-order chi connectivity index (χ1) is 4.86. The fourth-order valence-corrected chi connectivity index (χ4v) is 1.54. The first-order valence-electron chi connectivity index (χ1n) is 2.69. The second kappa shape index (κ2) is 2.16. The zero-order valence-corrected chi connectivity index (χ0v) is 6.42. The molecular weight excluding hydrogens is 176 g/mol. The lowest BCUT2D eigenvalue weighted by atomic mass is 10.1. The number of carboxylic acid groups (broad SMARTS) is 1. The van der Waals surface area contributed by atoms with Crippen LogP contribution in [-0.4, -0.2) is 31.7 Å². The first kappa shape index (κ1) is 8.44. The highest BCUT2D eigenvalue weighted by atomic mass is 32.3. The Morgan fingerprint density at radius 1 is 1.64 bits per heavy atom. The topological polar surface area (TPSA) is 89.9 Å². The predicted molar refractivity (Wildman–Crippen MR) is 32.0 cm³/mol. The summed E-state index contributed by atoms with van der Waals surface area (Å²) in [6.45, 7) is 0.643. The van der Waals surface area contributed by atoms with Gasteiger partial charge in [0.05, 0.1) is 0 Å². The van der Waals surface area contributed by atoms with Crippen molar-refractivity contribution in [2.75, 3.05) is 6.61 Å². The van der Waals surface area contributed by atoms with E-state index in [1.807, 2.05) is 0 Å². The minimum absolute atomic E-state index is 0.481. The zero-order valence-electron chi connectivity index (χ0n) is 5.60. The molecule has 1 heterocycles. The molecule has 7 heteroatoms. The van der Waals surface area contributed by atoms with Crippen molar-refractivity contribution in [2.45, 2.75) is 12.5 Å². The number of hydrogen-bond donors (Lipinski definition) is 1. The van der Waals surface area contributed by atoms with Gasteiger partial charge in [0.25, 0.3) is 0 Å². The standard InChI is InChI=1S/C4H6O6S/c1-4(3(5)6)2-9-11(7,8)10-4/h2H2,1H3,(H,5,6). The Balaban J connectivity index is 2.90. The molecule has 0 amide bonds. The van der Waals surface area contributed by atoms with Crippen LogP contribution in [0.5, 0.6) is 0 Å². The van der Waals surface area contributed by atoms with E-state index in [0.717, 1.165) is 6.92 Å². The summed E-state index contributed by atoms with van der Waals surface area (Å²) in [5.74, 6) is -1.36. The van der Waals surface area contributed by atoms with Gasteiger partial charge in [-0.1, -0.05) is 0 Å². The first-order valence-corrected chi connectivity index (χ1v) is 4.02. The van der Waals surface area contributed by atoms with Gasteiger partial charge in [-0.05, 0) is 6.92 Å². The highest BCUT2D eigenvalue weighted by Crippen LogP contribution is 2.23. The minimum atomic E-state index is -4.08. The van der Waals surface area contributed by atoms with E-state index in [0.29, 0.717) is 0 Å². The summed E-state index contributed by atoms with van der Waals surface area (Å²) in [6, 6.07) is 0. The monoisotopic (exact) mass is 182 g/mol. The fraction of sp³-hybridized carbons (Fsp3) is 0.750. The van der Waals surface area contributed by atoms with Gasteiger partial charge in [-0.15, -0.1) is 0 Å². The largest absolute Gasteiger partial charge is 0.479 e. The van der Waals surface area contributed by atoms with E-state index in [-0.39, 0.29) is 0 Å². The summed E-state index contributed by atoms with van der Waals surface area (Å²) in [4.78, 5) is 10.3. The molecule has 11 heavy (non-hydrogen) atoms. The molecule has 0 radical (unpaired) electrons. The Kier molecular flexibility index (Phi) is 1.66. The van der Waals surface area contributed by atoms with Gasteiger partial charge in [-0.2, -0.15) is 8.42 Å². The van der Waals surface area contributed by atoms with Crippen molar-refractivity contribution >= 4 is 16.4 Å². The quantitative estimate of drug-likeness (QED) is 0.566. The van der Waals surface area contributed by atoms with Crippen LogP contribution >= 0.6 is 0 Å². The third-order valence-electron chi connectivity index (χ3n) is 1.22. The summed E-state index contributed by atoms with van der Waals surface area (Å²) < 4.78 is 29.1. The molecule has 0 aromatic heterocycles. The van der Waals surface area contributed by atoms with Crippen molar-refractivity contribution in [2.24, 2.45) is 0 Å². The molecule has 1 fully saturated rings. The minimum Gasteiger partial charge on any atom is -0.479 e. The molecule has 6 nitrogen and oxygen atoms in total. The number of carboxylic acids is 1. The smallest absolute Gasteiger partial charge is 0.401 e. The molecule has 1 aliphatic heterocycles. The lowest BCUT2D eigenvalue weighted by molar-refractivity contribution is -0.152. The Morgan fingerprint density at radius 2 is 2.18 bits per heavy atom. The highest BCUT2D eigenvalue weighted by molar-refractivity contribution is 7.82. The van der Waals surface area contributed by atoms with Crippen molar-refractivity contribution in [3.8, 4) is 0 Å². The normalized spacial score (nSPS) is 35.4. The molecule has 0 aromatic rings. The van der Waals surface area contributed by atoms with E-state index < -0.39 is 28.6 Å². The Bertz CT molecular complexity index is 279. The maximum Gasteiger partial charge on any atom is 0.401 e. The molecule has 1 unspecified atom stereocenters. The van der Waals surface area contributed by atoms with Crippen LogP contribution in [0.3, 0.4) is 0 Å². The van der Waals surface area contributed by atoms with E-state index in [9.17, 15) is 13.2 Å². The van der Waals surface area contributed by atoms with Gasteiger partial charge in [0.1, 0.15) is 6.61 Å². The number of hydrogen-bond acceptors (Lipinski definition) is 5. The van der Waals surface area contributed by atoms with Gasteiger partial charge < -0.3 is 5.11 Å². The molecule has 0 aromatic carbocycles. The zero-order chi connectivity index (χ0) is 8.70. The van der Waals surface area contributed by atoms with Crippen LogP contribution in [0, 0.1) is 0 Å². The molecular formula is C4H6O6S. The lowest BCUT2D eigenvalue weighted by Gasteiger charge is -2.10. The molecule has 0 bridgehead atoms. The van der Waals surface area contributed by atoms with Crippen molar-refractivity contribution < 1.29 is 26.7 Å². The average molecular weight is 182 g/mol. The Morgan fingerprint density at radius 3 is 2.36 bits per heavy atom. The van der Waals surface area contributed by atoms with Gasteiger partial charge in [0.2, 0.25) is 5.60 Å². The molecule has 0 spiro atoms. The molecule has 64 valence electrons. The van der Waals surface area contributed by atoms with E-state index in [1.54, 1.807) is 0 Å². The maximum atomic E-state index is 10.4. The number of carbonyl (C=O) groups is 1. The second-order valence-electron chi connectivity index (χ2n) is 2.29. The van der Waals surface area contributed by atoms with Gasteiger partial charge in [0, 0.05) is 0 Å². The van der Waals surface area contributed by atoms with Crippen LogP contribution in [0.2, 0.25) is 0 Å². The van der Waals surface area contributed by atoms with E-state index in [2.05, 4.69) is 8.37 Å². The van der Waals surface area contributed by atoms with Crippen molar-refractivity contribution in [3.63, 3.8) is 0 Å². The van der Waals surface area contributed by atoms with Crippen LogP contribution in [0.4, 0.5) is 0 Å². The van der Waals surface area contributed by atoms with Gasteiger partial charge in [0.15, 0.2) is 0 Å². The van der Waals surface area contributed by atoms with Crippen molar-refractivity contribution in [1.82, 2.24) is 0 Å². The Hall–Kier alpha value is -0.660. The fourth-order valence-electron chi connectivity index (χ4n) is 0.555. The molecule has 1 saturated heterocycles. The van der Waals surface area contributed by atoms with Gasteiger partial charge >= 0.3 is 16.4 Å². The maximum absolute atomic E-state index is 10.4. The van der Waals surface area contributed by atoms with Crippen LogP contribution < -0.4 is 0 Å². The summed E-state index contributed by atoms with van der Waals surface area (Å²) in [5, 5.41) is 8.44. The van der Waals surface area contributed by atoms with Gasteiger partial charge in [-0.25, -0.2) is 13.2 Å². The third kappa shape index (κ3) is 1.50. The van der Waals surface area contributed by atoms with E-state index in [4.69, 9.17) is 5.11 Å². The van der Waals surface area contributed by atoms with Crippen LogP contribution in [0.25, 0.3) is 0 Å². The van der Waals surface area contributed by atoms with E-state index in [1.165, 1.54) is 0 Å². The van der Waals surface area contributed by atoms with Crippen LogP contribution in [0.1, 0.15) is 6.92 Å². The Labute approximate surface area is 63.1 Å². The lowest BCUT2D eigenvalue weighted by Crippen LogP contribution is -2.37. The molecule has 1 atom stereocenters. The summed E-state index contributed by atoms with van der Waals surface area (Å²) in [7, 11) is -4.08. The van der Waals surface area contributed by atoms with Crippen LogP contribution in [0.15, 0.2) is 0 Å². The predicted octanol–water partition coefficient (Wildman–Crippen LogP) is -0.879.